The molecule has 0 spiro atoms. The molecule has 0 heterocycles. The Morgan fingerprint density at radius 3 is 2.41 bits per heavy atom. The first-order valence-corrected chi connectivity index (χ1v) is 8.05. The van der Waals surface area contributed by atoms with E-state index in [1.54, 1.807) is 0 Å². The van der Waals surface area contributed by atoms with E-state index in [9.17, 15) is 0 Å². The standard InChI is InChI=1S/C12H14Br3NO/c13-8-6-10(14)12(11(15)7-8)17-5-1-4-16-9-2-3-9/h6-7,9,16H,1-5H2. The van der Waals surface area contributed by atoms with Crippen molar-refractivity contribution in [2.24, 2.45) is 0 Å². The molecule has 0 atom stereocenters. The van der Waals surface area contributed by atoms with Gasteiger partial charge in [-0.2, -0.15) is 0 Å². The quantitative estimate of drug-likeness (QED) is 0.675. The van der Waals surface area contributed by atoms with Gasteiger partial charge in [0.05, 0.1) is 15.6 Å². The Morgan fingerprint density at radius 2 is 1.82 bits per heavy atom. The molecule has 1 aliphatic carbocycles. The molecule has 0 saturated heterocycles. The summed E-state index contributed by atoms with van der Waals surface area (Å²) >= 11 is 10.4. The lowest BCUT2D eigenvalue weighted by Crippen LogP contribution is -2.19. The molecule has 0 aliphatic heterocycles. The topological polar surface area (TPSA) is 21.3 Å². The third kappa shape index (κ3) is 4.54. The minimum absolute atomic E-state index is 0.735. The lowest BCUT2D eigenvalue weighted by molar-refractivity contribution is 0.304. The summed E-state index contributed by atoms with van der Waals surface area (Å²) in [6, 6.07) is 4.76. The molecular weight excluding hydrogens is 414 g/mol. The number of hydrogen-bond acceptors (Lipinski definition) is 2. The minimum Gasteiger partial charge on any atom is -0.491 e. The number of rotatable bonds is 6. The normalized spacial score (nSPS) is 15.0. The fourth-order valence-electron chi connectivity index (χ4n) is 1.51. The molecule has 1 N–H and O–H groups in total. The van der Waals surface area contributed by atoms with Crippen molar-refractivity contribution < 1.29 is 4.74 Å². The largest absolute Gasteiger partial charge is 0.491 e. The second kappa shape index (κ2) is 6.55. The molecule has 0 radical (unpaired) electrons. The predicted octanol–water partition coefficient (Wildman–Crippen LogP) is 4.50. The van der Waals surface area contributed by atoms with Gasteiger partial charge in [0, 0.05) is 10.5 Å². The van der Waals surface area contributed by atoms with Gasteiger partial charge < -0.3 is 10.1 Å². The summed E-state index contributed by atoms with van der Waals surface area (Å²) < 4.78 is 8.73. The first-order chi connectivity index (χ1) is 8.16. The third-order valence-corrected chi connectivity index (χ3v) is 4.18. The van der Waals surface area contributed by atoms with Crippen molar-refractivity contribution in [3.63, 3.8) is 0 Å². The van der Waals surface area contributed by atoms with Crippen molar-refractivity contribution in [1.29, 1.82) is 0 Å². The van der Waals surface area contributed by atoms with E-state index in [-0.39, 0.29) is 0 Å². The van der Waals surface area contributed by atoms with E-state index < -0.39 is 0 Å². The Labute approximate surface area is 127 Å². The molecule has 2 rings (SSSR count). The van der Waals surface area contributed by atoms with Gasteiger partial charge in [0.15, 0.2) is 0 Å². The third-order valence-electron chi connectivity index (χ3n) is 2.54. The molecule has 1 aromatic carbocycles. The smallest absolute Gasteiger partial charge is 0.147 e. The molecule has 2 nitrogen and oxygen atoms in total. The van der Waals surface area contributed by atoms with E-state index in [4.69, 9.17) is 4.74 Å². The maximum atomic E-state index is 5.77. The van der Waals surface area contributed by atoms with Crippen LogP contribution in [0.5, 0.6) is 5.75 Å². The van der Waals surface area contributed by atoms with Crippen LogP contribution in [0.3, 0.4) is 0 Å². The maximum Gasteiger partial charge on any atom is 0.147 e. The highest BCUT2D eigenvalue weighted by atomic mass is 79.9. The second-order valence-electron chi connectivity index (χ2n) is 4.13. The van der Waals surface area contributed by atoms with Crippen molar-refractivity contribution in [2.45, 2.75) is 25.3 Å². The minimum atomic E-state index is 0.735. The molecule has 17 heavy (non-hydrogen) atoms. The monoisotopic (exact) mass is 425 g/mol. The summed E-state index contributed by atoms with van der Waals surface area (Å²) in [6.07, 6.45) is 3.71. The lowest BCUT2D eigenvalue weighted by atomic mass is 10.3. The first kappa shape index (κ1) is 13.8. The van der Waals surface area contributed by atoms with Crippen LogP contribution < -0.4 is 10.1 Å². The molecule has 1 aliphatic rings. The zero-order valence-electron chi connectivity index (χ0n) is 9.31. The molecule has 0 unspecified atom stereocenters. The van der Waals surface area contributed by atoms with E-state index in [0.717, 1.165) is 44.8 Å². The molecule has 0 aromatic heterocycles. The summed E-state index contributed by atoms with van der Waals surface area (Å²) in [6.45, 7) is 1.77. The van der Waals surface area contributed by atoms with Crippen molar-refractivity contribution in [1.82, 2.24) is 5.32 Å². The average molecular weight is 428 g/mol. The van der Waals surface area contributed by atoms with Crippen molar-refractivity contribution in [3.8, 4) is 5.75 Å². The van der Waals surface area contributed by atoms with Gasteiger partial charge in [0.2, 0.25) is 0 Å². The van der Waals surface area contributed by atoms with Gasteiger partial charge in [-0.05, 0) is 69.8 Å². The van der Waals surface area contributed by atoms with Crippen LogP contribution in [-0.2, 0) is 0 Å². The number of halogens is 3. The van der Waals surface area contributed by atoms with E-state index >= 15 is 0 Å². The zero-order valence-corrected chi connectivity index (χ0v) is 14.1. The molecule has 94 valence electrons. The van der Waals surface area contributed by atoms with E-state index in [2.05, 4.69) is 53.1 Å². The Balaban J connectivity index is 1.77. The highest BCUT2D eigenvalue weighted by Crippen LogP contribution is 2.36. The maximum absolute atomic E-state index is 5.77. The van der Waals surface area contributed by atoms with E-state index in [0.29, 0.717) is 0 Å². The fourth-order valence-corrected chi connectivity index (χ4v) is 3.99. The van der Waals surface area contributed by atoms with Crippen LogP contribution in [0.4, 0.5) is 0 Å². The Morgan fingerprint density at radius 1 is 1.18 bits per heavy atom. The van der Waals surface area contributed by atoms with Gasteiger partial charge in [-0.15, -0.1) is 0 Å². The molecule has 1 fully saturated rings. The first-order valence-electron chi connectivity index (χ1n) is 5.67. The highest BCUT2D eigenvalue weighted by Gasteiger charge is 2.19. The van der Waals surface area contributed by atoms with Gasteiger partial charge in [-0.3, -0.25) is 0 Å². The molecule has 1 aromatic rings. The van der Waals surface area contributed by atoms with Crippen molar-refractivity contribution in [3.05, 3.63) is 25.6 Å². The predicted molar refractivity (Wildman–Crippen MR) is 80.7 cm³/mol. The lowest BCUT2D eigenvalue weighted by Gasteiger charge is -2.11. The van der Waals surface area contributed by atoms with Crippen molar-refractivity contribution >= 4 is 47.8 Å². The Kier molecular flexibility index (Phi) is 5.33. The van der Waals surface area contributed by atoms with Gasteiger partial charge >= 0.3 is 0 Å². The molecular formula is C12H14Br3NO. The van der Waals surface area contributed by atoms with E-state index in [1.165, 1.54) is 12.8 Å². The summed E-state index contributed by atoms with van der Waals surface area (Å²) in [5.41, 5.74) is 0. The SMILES string of the molecule is Brc1cc(Br)c(OCCCNC2CC2)c(Br)c1. The van der Waals surface area contributed by atoms with Gasteiger partial charge in [-0.1, -0.05) is 15.9 Å². The van der Waals surface area contributed by atoms with Gasteiger partial charge in [0.25, 0.3) is 0 Å². The fraction of sp³-hybridized carbons (Fsp3) is 0.500. The summed E-state index contributed by atoms with van der Waals surface area (Å²) in [5, 5.41) is 3.47. The van der Waals surface area contributed by atoms with Crippen LogP contribution in [0.1, 0.15) is 19.3 Å². The van der Waals surface area contributed by atoms with Crippen LogP contribution in [0.25, 0.3) is 0 Å². The molecule has 1 saturated carbocycles. The van der Waals surface area contributed by atoms with E-state index in [1.807, 2.05) is 12.1 Å². The number of hydrogen-bond donors (Lipinski definition) is 1. The van der Waals surface area contributed by atoms with Crippen LogP contribution in [0.15, 0.2) is 25.6 Å². The second-order valence-corrected chi connectivity index (χ2v) is 6.75. The van der Waals surface area contributed by atoms with Gasteiger partial charge in [-0.25, -0.2) is 0 Å². The van der Waals surface area contributed by atoms with Crippen LogP contribution in [0.2, 0.25) is 0 Å². The Hall–Kier alpha value is 0.420. The summed E-state index contributed by atoms with van der Waals surface area (Å²) in [4.78, 5) is 0. The zero-order chi connectivity index (χ0) is 12.3. The van der Waals surface area contributed by atoms with Crippen molar-refractivity contribution in [2.75, 3.05) is 13.2 Å². The van der Waals surface area contributed by atoms with Crippen LogP contribution in [-0.4, -0.2) is 19.2 Å². The summed E-state index contributed by atoms with van der Waals surface area (Å²) in [7, 11) is 0. The van der Waals surface area contributed by atoms with Crippen LogP contribution >= 0.6 is 47.8 Å². The highest BCUT2D eigenvalue weighted by molar-refractivity contribution is 9.11. The van der Waals surface area contributed by atoms with Gasteiger partial charge in [0.1, 0.15) is 5.75 Å². The Bertz CT molecular complexity index is 370. The number of ether oxygens (including phenoxy) is 1. The molecule has 5 heteroatoms. The van der Waals surface area contributed by atoms with Crippen LogP contribution in [0, 0.1) is 0 Å². The number of benzene rings is 1. The summed E-state index contributed by atoms with van der Waals surface area (Å²) in [5.74, 6) is 0.875. The number of nitrogens with one attached hydrogen (secondary N) is 1. The molecule has 0 bridgehead atoms. The average Bonchev–Trinajstić information content (AvgIpc) is 3.04. The molecule has 0 amide bonds.